The normalized spacial score (nSPS) is 14.9. The topological polar surface area (TPSA) is 113 Å². The summed E-state index contributed by atoms with van der Waals surface area (Å²) in [5.41, 5.74) is 2.43. The monoisotopic (exact) mass is 498 g/mol. The van der Waals surface area contributed by atoms with Crippen LogP contribution >= 0.6 is 0 Å². The molecule has 1 unspecified atom stereocenters. The summed E-state index contributed by atoms with van der Waals surface area (Å²) in [6, 6.07) is 15.1. The third-order valence-corrected chi connectivity index (χ3v) is 6.17. The maximum atomic E-state index is 12.8. The molecular weight excluding hydrogens is 472 g/mol. The standard InChI is InChI=1S/C25H26N2O7S/c1-16-11-21(17(2)27(16)13-20-14-32-23-9-4-5-10-24(23)34-20)22(28)15-33-25(29)18-7-6-8-19(12-18)26-35(3,30)31/h4-12,20,26H,13-15H2,1-3H3. The number of nitrogens with zero attached hydrogens (tertiary/aromatic N) is 1. The average Bonchev–Trinajstić information content (AvgIpc) is 3.09. The molecule has 1 atom stereocenters. The first-order chi connectivity index (χ1) is 16.6. The molecule has 1 N–H and O–H groups in total. The molecule has 2 heterocycles. The zero-order chi connectivity index (χ0) is 25.2. The lowest BCUT2D eigenvalue weighted by Crippen LogP contribution is -2.33. The van der Waals surface area contributed by atoms with E-state index in [0.717, 1.165) is 17.6 Å². The van der Waals surface area contributed by atoms with Gasteiger partial charge in [-0.1, -0.05) is 18.2 Å². The van der Waals surface area contributed by atoms with Crippen LogP contribution in [0.1, 0.15) is 32.1 Å². The molecule has 3 aromatic rings. The third-order valence-electron chi connectivity index (χ3n) is 5.56. The zero-order valence-corrected chi connectivity index (χ0v) is 20.4. The smallest absolute Gasteiger partial charge is 0.338 e. The predicted octanol–water partition coefficient (Wildman–Crippen LogP) is 3.36. The van der Waals surface area contributed by atoms with Crippen LogP contribution in [0.15, 0.2) is 54.6 Å². The van der Waals surface area contributed by atoms with Crippen molar-refractivity contribution in [3.05, 3.63) is 77.1 Å². The summed E-state index contributed by atoms with van der Waals surface area (Å²) in [5, 5.41) is 0. The van der Waals surface area contributed by atoms with Crippen LogP contribution in [0.4, 0.5) is 5.69 Å². The summed E-state index contributed by atoms with van der Waals surface area (Å²) in [5.74, 6) is 0.329. The van der Waals surface area contributed by atoms with E-state index in [0.29, 0.717) is 30.2 Å². The van der Waals surface area contributed by atoms with E-state index < -0.39 is 22.6 Å². The van der Waals surface area contributed by atoms with E-state index in [1.54, 1.807) is 6.07 Å². The fourth-order valence-corrected chi connectivity index (χ4v) is 4.49. The molecule has 10 heteroatoms. The van der Waals surface area contributed by atoms with Gasteiger partial charge in [0.05, 0.1) is 18.4 Å². The summed E-state index contributed by atoms with van der Waals surface area (Å²) < 4.78 is 44.1. The van der Waals surface area contributed by atoms with Gasteiger partial charge in [0.15, 0.2) is 24.2 Å². The van der Waals surface area contributed by atoms with Crippen LogP contribution in [0.5, 0.6) is 11.5 Å². The van der Waals surface area contributed by atoms with E-state index >= 15 is 0 Å². The lowest BCUT2D eigenvalue weighted by molar-refractivity contribution is 0.0474. The largest absolute Gasteiger partial charge is 0.486 e. The molecule has 0 bridgehead atoms. The lowest BCUT2D eigenvalue weighted by atomic mass is 10.1. The maximum absolute atomic E-state index is 12.8. The first-order valence-corrected chi connectivity index (χ1v) is 12.8. The minimum Gasteiger partial charge on any atom is -0.486 e. The highest BCUT2D eigenvalue weighted by molar-refractivity contribution is 7.92. The summed E-state index contributed by atoms with van der Waals surface area (Å²) >= 11 is 0. The Morgan fingerprint density at radius 3 is 2.57 bits per heavy atom. The second kappa shape index (κ2) is 9.83. The summed E-state index contributed by atoms with van der Waals surface area (Å²) in [6.45, 7) is 4.18. The van der Waals surface area contributed by atoms with Crippen molar-refractivity contribution >= 4 is 27.5 Å². The van der Waals surface area contributed by atoms with Crippen LogP contribution in [-0.2, 0) is 21.3 Å². The van der Waals surface area contributed by atoms with E-state index in [1.165, 1.54) is 24.3 Å². The van der Waals surface area contributed by atoms with Crippen molar-refractivity contribution in [1.82, 2.24) is 4.57 Å². The second-order valence-corrected chi connectivity index (χ2v) is 10.1. The van der Waals surface area contributed by atoms with Crippen LogP contribution in [0.2, 0.25) is 0 Å². The molecule has 0 radical (unpaired) electrons. The van der Waals surface area contributed by atoms with Crippen LogP contribution in [0, 0.1) is 13.8 Å². The highest BCUT2D eigenvalue weighted by Gasteiger charge is 2.24. The fraction of sp³-hybridized carbons (Fsp3) is 0.280. The average molecular weight is 499 g/mol. The molecule has 0 spiro atoms. The van der Waals surface area contributed by atoms with Gasteiger partial charge in [0.2, 0.25) is 15.8 Å². The fourth-order valence-electron chi connectivity index (χ4n) is 3.94. The van der Waals surface area contributed by atoms with E-state index in [2.05, 4.69) is 4.72 Å². The van der Waals surface area contributed by atoms with Gasteiger partial charge in [-0.25, -0.2) is 13.2 Å². The number of benzene rings is 2. The number of fused-ring (bicyclic) bond motifs is 1. The van der Waals surface area contributed by atoms with Crippen LogP contribution < -0.4 is 14.2 Å². The molecule has 35 heavy (non-hydrogen) atoms. The number of hydrogen-bond acceptors (Lipinski definition) is 7. The highest BCUT2D eigenvalue weighted by Crippen LogP contribution is 2.31. The number of Topliss-reactive ketones (excluding diaryl/α,β-unsaturated/α-hetero) is 1. The van der Waals surface area contributed by atoms with E-state index in [1.807, 2.05) is 42.7 Å². The number of nitrogens with one attached hydrogen (secondary N) is 1. The number of anilines is 1. The Bertz CT molecular complexity index is 1380. The molecule has 2 aromatic carbocycles. The Balaban J connectivity index is 1.40. The van der Waals surface area contributed by atoms with Crippen molar-refractivity contribution in [3.8, 4) is 11.5 Å². The molecule has 0 fully saturated rings. The van der Waals surface area contributed by atoms with Crippen LogP contribution in [-0.4, -0.2) is 50.3 Å². The Labute approximate surface area is 203 Å². The zero-order valence-electron chi connectivity index (χ0n) is 19.6. The molecule has 1 aromatic heterocycles. The molecule has 0 saturated heterocycles. The van der Waals surface area contributed by atoms with Crippen molar-refractivity contribution in [2.45, 2.75) is 26.5 Å². The van der Waals surface area contributed by atoms with Gasteiger partial charge in [0, 0.05) is 22.6 Å². The first-order valence-electron chi connectivity index (χ1n) is 10.9. The van der Waals surface area contributed by atoms with Gasteiger partial charge in [-0.05, 0) is 50.2 Å². The predicted molar refractivity (Wildman–Crippen MR) is 130 cm³/mol. The first kappa shape index (κ1) is 24.3. The molecule has 0 amide bonds. The van der Waals surface area contributed by atoms with Gasteiger partial charge in [-0.3, -0.25) is 9.52 Å². The number of ketones is 1. The van der Waals surface area contributed by atoms with E-state index in [-0.39, 0.29) is 23.1 Å². The summed E-state index contributed by atoms with van der Waals surface area (Å²) in [6.07, 6.45) is 0.794. The van der Waals surface area contributed by atoms with Crippen molar-refractivity contribution in [2.75, 3.05) is 24.2 Å². The van der Waals surface area contributed by atoms with Gasteiger partial charge >= 0.3 is 5.97 Å². The van der Waals surface area contributed by atoms with Gasteiger partial charge in [-0.15, -0.1) is 0 Å². The van der Waals surface area contributed by atoms with Crippen LogP contribution in [0.3, 0.4) is 0 Å². The van der Waals surface area contributed by atoms with Gasteiger partial charge in [0.1, 0.15) is 6.61 Å². The number of aromatic nitrogens is 1. The van der Waals surface area contributed by atoms with Crippen molar-refractivity contribution in [2.24, 2.45) is 0 Å². The number of carbonyl (C=O) groups excluding carboxylic acids is 2. The number of aryl methyl sites for hydroxylation is 1. The molecular formula is C25H26N2O7S. The van der Waals surface area contributed by atoms with Gasteiger partial charge < -0.3 is 18.8 Å². The molecule has 0 aliphatic carbocycles. The third kappa shape index (κ3) is 5.83. The maximum Gasteiger partial charge on any atom is 0.338 e. The Kier molecular flexibility index (Phi) is 6.83. The minimum absolute atomic E-state index is 0.131. The number of esters is 1. The quantitative estimate of drug-likeness (QED) is 0.374. The van der Waals surface area contributed by atoms with E-state index in [9.17, 15) is 18.0 Å². The molecule has 4 rings (SSSR count). The Morgan fingerprint density at radius 2 is 1.83 bits per heavy atom. The molecule has 184 valence electrons. The molecule has 1 aliphatic rings. The number of rotatable bonds is 8. The minimum atomic E-state index is -3.49. The SMILES string of the molecule is Cc1cc(C(=O)COC(=O)c2cccc(NS(C)(=O)=O)c2)c(C)n1CC1COc2ccccc2O1. The number of sulfonamides is 1. The number of para-hydroxylation sites is 2. The van der Waals surface area contributed by atoms with Crippen molar-refractivity contribution in [3.63, 3.8) is 0 Å². The lowest BCUT2D eigenvalue weighted by Gasteiger charge is -2.27. The van der Waals surface area contributed by atoms with Gasteiger partial charge in [0.25, 0.3) is 0 Å². The highest BCUT2D eigenvalue weighted by atomic mass is 32.2. The van der Waals surface area contributed by atoms with Crippen molar-refractivity contribution in [1.29, 1.82) is 0 Å². The Hall–Kier alpha value is -3.79. The van der Waals surface area contributed by atoms with Crippen molar-refractivity contribution < 1.29 is 32.2 Å². The van der Waals surface area contributed by atoms with Crippen LogP contribution in [0.25, 0.3) is 0 Å². The molecule has 1 aliphatic heterocycles. The Morgan fingerprint density at radius 1 is 1.09 bits per heavy atom. The number of carbonyl (C=O) groups is 2. The summed E-state index contributed by atoms with van der Waals surface area (Å²) in [4.78, 5) is 25.3. The number of hydrogen-bond donors (Lipinski definition) is 1. The summed E-state index contributed by atoms with van der Waals surface area (Å²) in [7, 11) is -3.49. The number of ether oxygens (including phenoxy) is 3. The van der Waals surface area contributed by atoms with Gasteiger partial charge in [-0.2, -0.15) is 0 Å². The van der Waals surface area contributed by atoms with E-state index in [4.69, 9.17) is 14.2 Å². The second-order valence-electron chi connectivity index (χ2n) is 8.35. The molecule has 0 saturated carbocycles. The molecule has 9 nitrogen and oxygen atoms in total.